The Bertz CT molecular complexity index is 458. The average molecular weight is 338 g/mol. The Kier molecular flexibility index (Phi) is 4.11. The highest BCUT2D eigenvalue weighted by Gasteiger charge is 2.41. The maximum Gasteiger partial charge on any atom is 0.416 e. The molecule has 1 aliphatic rings. The van der Waals surface area contributed by atoms with Crippen LogP contribution in [0.15, 0.2) is 22.7 Å². The number of hydrogen-bond donors (Lipinski definition) is 2. The van der Waals surface area contributed by atoms with Gasteiger partial charge < -0.3 is 10.4 Å². The van der Waals surface area contributed by atoms with Crippen molar-refractivity contribution in [3.63, 3.8) is 0 Å². The second kappa shape index (κ2) is 5.32. The predicted molar refractivity (Wildman–Crippen MR) is 71.0 cm³/mol. The third-order valence-electron chi connectivity index (χ3n) is 3.55. The van der Waals surface area contributed by atoms with Crippen LogP contribution in [-0.4, -0.2) is 18.3 Å². The lowest BCUT2D eigenvalue weighted by atomic mass is 10.0. The van der Waals surface area contributed by atoms with E-state index >= 15 is 0 Å². The third-order valence-corrected chi connectivity index (χ3v) is 4.21. The fourth-order valence-corrected chi connectivity index (χ4v) is 2.57. The Labute approximate surface area is 118 Å². The Balaban J connectivity index is 2.02. The van der Waals surface area contributed by atoms with E-state index in [9.17, 15) is 13.2 Å². The van der Waals surface area contributed by atoms with Gasteiger partial charge in [0, 0.05) is 23.3 Å². The van der Waals surface area contributed by atoms with Crippen molar-refractivity contribution in [3.05, 3.63) is 28.2 Å². The van der Waals surface area contributed by atoms with E-state index in [1.807, 2.05) is 0 Å². The van der Waals surface area contributed by atoms with Gasteiger partial charge in [-0.15, -0.1) is 0 Å². The molecule has 19 heavy (non-hydrogen) atoms. The monoisotopic (exact) mass is 337 g/mol. The molecule has 0 aliphatic heterocycles. The van der Waals surface area contributed by atoms with Gasteiger partial charge in [0.15, 0.2) is 0 Å². The summed E-state index contributed by atoms with van der Waals surface area (Å²) in [5, 5.41) is 12.1. The maximum absolute atomic E-state index is 12.5. The van der Waals surface area contributed by atoms with Crippen molar-refractivity contribution in [2.24, 2.45) is 5.41 Å². The van der Waals surface area contributed by atoms with Crippen LogP contribution in [0.5, 0.6) is 0 Å². The molecule has 0 spiro atoms. The second-order valence-electron chi connectivity index (χ2n) is 5.02. The molecule has 2 N–H and O–H groups in total. The van der Waals surface area contributed by atoms with Crippen molar-refractivity contribution < 1.29 is 18.3 Å². The number of benzene rings is 1. The Morgan fingerprint density at radius 1 is 1.32 bits per heavy atom. The summed E-state index contributed by atoms with van der Waals surface area (Å²) in [4.78, 5) is 0. The van der Waals surface area contributed by atoms with Gasteiger partial charge in [-0.05, 0) is 58.8 Å². The minimum absolute atomic E-state index is 0.122. The van der Waals surface area contributed by atoms with Crippen molar-refractivity contribution in [2.75, 3.05) is 18.5 Å². The first-order valence-corrected chi connectivity index (χ1v) is 6.87. The van der Waals surface area contributed by atoms with E-state index < -0.39 is 11.7 Å². The van der Waals surface area contributed by atoms with Gasteiger partial charge in [0.25, 0.3) is 0 Å². The van der Waals surface area contributed by atoms with Crippen LogP contribution in [0.25, 0.3) is 0 Å². The molecule has 0 unspecified atom stereocenters. The lowest BCUT2D eigenvalue weighted by Gasteiger charge is -2.17. The van der Waals surface area contributed by atoms with Gasteiger partial charge in [0.05, 0.1) is 5.56 Å². The lowest BCUT2D eigenvalue weighted by Crippen LogP contribution is -2.17. The van der Waals surface area contributed by atoms with Crippen LogP contribution in [0, 0.1) is 5.41 Å². The summed E-state index contributed by atoms with van der Waals surface area (Å²) in [6, 6.07) is 3.58. The smallest absolute Gasteiger partial charge is 0.396 e. The molecule has 0 saturated heterocycles. The first-order chi connectivity index (χ1) is 8.86. The standard InChI is InChI=1S/C13H15BrF3NO/c14-10-7-9(13(15,16)17)1-2-11(10)18-8-12(3-4-12)5-6-19/h1-2,7,18-19H,3-6,8H2. The number of nitrogens with one attached hydrogen (secondary N) is 1. The molecule has 0 heterocycles. The quantitative estimate of drug-likeness (QED) is 0.849. The van der Waals surface area contributed by atoms with Crippen LogP contribution >= 0.6 is 15.9 Å². The summed E-state index contributed by atoms with van der Waals surface area (Å²) in [5.41, 5.74) is 0.107. The number of aliphatic hydroxyl groups is 1. The molecule has 0 aromatic heterocycles. The summed E-state index contributed by atoms with van der Waals surface area (Å²) in [6.07, 6.45) is -1.48. The van der Waals surface area contributed by atoms with E-state index in [-0.39, 0.29) is 12.0 Å². The van der Waals surface area contributed by atoms with E-state index in [1.54, 1.807) is 0 Å². The van der Waals surface area contributed by atoms with Gasteiger partial charge >= 0.3 is 6.18 Å². The fraction of sp³-hybridized carbons (Fsp3) is 0.538. The largest absolute Gasteiger partial charge is 0.416 e. The highest BCUT2D eigenvalue weighted by Crippen LogP contribution is 2.48. The van der Waals surface area contributed by atoms with Crippen LogP contribution < -0.4 is 5.32 Å². The zero-order valence-corrected chi connectivity index (χ0v) is 11.8. The summed E-state index contributed by atoms with van der Waals surface area (Å²) < 4.78 is 38.0. The topological polar surface area (TPSA) is 32.3 Å². The first-order valence-electron chi connectivity index (χ1n) is 6.08. The number of alkyl halides is 3. The molecule has 1 aromatic carbocycles. The van der Waals surface area contributed by atoms with Crippen molar-refractivity contribution in [3.8, 4) is 0 Å². The molecule has 2 nitrogen and oxygen atoms in total. The maximum atomic E-state index is 12.5. The normalized spacial score (nSPS) is 17.3. The molecular formula is C13H15BrF3NO. The Morgan fingerprint density at radius 3 is 2.47 bits per heavy atom. The number of aliphatic hydroxyl groups excluding tert-OH is 1. The minimum Gasteiger partial charge on any atom is -0.396 e. The third kappa shape index (κ3) is 3.63. The molecule has 1 aliphatic carbocycles. The van der Waals surface area contributed by atoms with E-state index in [0.29, 0.717) is 16.7 Å². The summed E-state index contributed by atoms with van der Waals surface area (Å²) in [6.45, 7) is 0.827. The van der Waals surface area contributed by atoms with Gasteiger partial charge in [0.2, 0.25) is 0 Å². The molecular weight excluding hydrogens is 323 g/mol. The molecule has 0 radical (unpaired) electrons. The summed E-state index contributed by atoms with van der Waals surface area (Å²) in [5.74, 6) is 0. The van der Waals surface area contributed by atoms with E-state index in [4.69, 9.17) is 5.11 Å². The first kappa shape index (κ1) is 14.7. The van der Waals surface area contributed by atoms with E-state index in [1.165, 1.54) is 6.07 Å². The van der Waals surface area contributed by atoms with Gasteiger partial charge in [0.1, 0.15) is 0 Å². The molecule has 1 saturated carbocycles. The molecule has 106 valence electrons. The number of halogens is 4. The van der Waals surface area contributed by atoms with Gasteiger partial charge in [-0.2, -0.15) is 13.2 Å². The zero-order chi connectivity index (χ0) is 14.1. The molecule has 0 amide bonds. The lowest BCUT2D eigenvalue weighted by molar-refractivity contribution is -0.137. The minimum atomic E-state index is -4.32. The van der Waals surface area contributed by atoms with Gasteiger partial charge in [-0.1, -0.05) is 0 Å². The molecule has 2 rings (SSSR count). The molecule has 0 bridgehead atoms. The highest BCUT2D eigenvalue weighted by molar-refractivity contribution is 9.10. The summed E-state index contributed by atoms with van der Waals surface area (Å²) >= 11 is 3.15. The number of anilines is 1. The fourth-order valence-electron chi connectivity index (χ4n) is 2.05. The Morgan fingerprint density at radius 2 is 2.00 bits per heavy atom. The van der Waals surface area contributed by atoms with Crippen LogP contribution in [0.3, 0.4) is 0 Å². The Hall–Kier alpha value is -0.750. The molecule has 1 aromatic rings. The van der Waals surface area contributed by atoms with E-state index in [0.717, 1.165) is 31.4 Å². The van der Waals surface area contributed by atoms with Crippen LogP contribution in [0.4, 0.5) is 18.9 Å². The zero-order valence-electron chi connectivity index (χ0n) is 10.2. The number of hydrogen-bond acceptors (Lipinski definition) is 2. The van der Waals surface area contributed by atoms with Gasteiger partial charge in [-0.25, -0.2) is 0 Å². The van der Waals surface area contributed by atoms with Gasteiger partial charge in [-0.3, -0.25) is 0 Å². The van der Waals surface area contributed by atoms with Crippen LogP contribution in [-0.2, 0) is 6.18 Å². The van der Waals surface area contributed by atoms with Crippen molar-refractivity contribution in [1.82, 2.24) is 0 Å². The molecule has 0 atom stereocenters. The van der Waals surface area contributed by atoms with Crippen LogP contribution in [0.1, 0.15) is 24.8 Å². The van der Waals surface area contributed by atoms with Crippen molar-refractivity contribution in [2.45, 2.75) is 25.4 Å². The molecule has 1 fully saturated rings. The predicted octanol–water partition coefficient (Wildman–Crippen LogP) is 4.04. The number of rotatable bonds is 5. The van der Waals surface area contributed by atoms with Crippen molar-refractivity contribution >= 4 is 21.6 Å². The summed E-state index contributed by atoms with van der Waals surface area (Å²) in [7, 11) is 0. The SMILES string of the molecule is OCCC1(CNc2ccc(C(F)(F)F)cc2Br)CC1. The average Bonchev–Trinajstić information content (AvgIpc) is 3.07. The van der Waals surface area contributed by atoms with Crippen molar-refractivity contribution in [1.29, 1.82) is 0 Å². The highest BCUT2D eigenvalue weighted by atomic mass is 79.9. The molecule has 6 heteroatoms. The second-order valence-corrected chi connectivity index (χ2v) is 5.87. The van der Waals surface area contributed by atoms with E-state index in [2.05, 4.69) is 21.2 Å². The van der Waals surface area contributed by atoms with Crippen LogP contribution in [0.2, 0.25) is 0 Å².